The molecule has 1 saturated heterocycles. The molecule has 1 N–H and O–H groups in total. The molecule has 4 rings (SSSR count). The first-order chi connectivity index (χ1) is 13.2. The quantitative estimate of drug-likeness (QED) is 0.867. The Morgan fingerprint density at radius 1 is 1.19 bits per heavy atom. The summed E-state index contributed by atoms with van der Waals surface area (Å²) in [6.45, 7) is 1.47. The molecule has 136 valence electrons. The van der Waals surface area contributed by atoms with Gasteiger partial charge in [-0.3, -0.25) is 9.69 Å². The average Bonchev–Trinajstić information content (AvgIpc) is 2.69. The number of hydrogen-bond donors (Lipinski definition) is 1. The van der Waals surface area contributed by atoms with Crippen molar-refractivity contribution in [1.82, 2.24) is 4.90 Å². The number of fused-ring (bicyclic) bond motifs is 1. The van der Waals surface area contributed by atoms with E-state index in [1.807, 2.05) is 42.5 Å². The maximum absolute atomic E-state index is 12.9. The molecule has 0 aromatic heterocycles. The van der Waals surface area contributed by atoms with Crippen molar-refractivity contribution in [2.75, 3.05) is 12.5 Å². The van der Waals surface area contributed by atoms with Gasteiger partial charge in [0.1, 0.15) is 17.5 Å². The van der Waals surface area contributed by atoms with Crippen LogP contribution in [0.5, 0.6) is 0 Å². The number of quaternary nitrogens is 1. The number of nitrogens with one attached hydrogen (secondary N) is 1. The Balaban J connectivity index is 1.59. The summed E-state index contributed by atoms with van der Waals surface area (Å²) in [5.41, 5.74) is 2.92. The Hall–Kier alpha value is -2.26. The SMILES string of the molecule is N#CC1=C2SC[NH+](Cc3ccccc3)CN2C(=O)C[C@@H]1c1ccc(Cl)cc1. The van der Waals surface area contributed by atoms with Crippen molar-refractivity contribution in [1.29, 1.82) is 5.26 Å². The minimum Gasteiger partial charge on any atom is -0.305 e. The third kappa shape index (κ3) is 3.74. The fourth-order valence-electron chi connectivity index (χ4n) is 3.65. The van der Waals surface area contributed by atoms with Gasteiger partial charge in [-0.25, -0.2) is 0 Å². The van der Waals surface area contributed by atoms with E-state index in [9.17, 15) is 10.1 Å². The van der Waals surface area contributed by atoms with Gasteiger partial charge in [0.05, 0.1) is 11.6 Å². The number of thioether (sulfide) groups is 1. The summed E-state index contributed by atoms with van der Waals surface area (Å²) >= 11 is 7.60. The standard InChI is InChI=1S/C21H18ClN3OS/c22-17-8-6-16(7-9-17)18-10-20(26)25-13-24(12-15-4-2-1-3-5-15)14-27-21(25)19(18)11-23/h1-9,18H,10,12-14H2/p+1/t18-/m1/s1. The fourth-order valence-corrected chi connectivity index (χ4v) is 4.97. The van der Waals surface area contributed by atoms with Gasteiger partial charge in [-0.05, 0) is 29.5 Å². The minimum absolute atomic E-state index is 0.0849. The molecule has 1 unspecified atom stereocenters. The Kier molecular flexibility index (Phi) is 5.22. The number of nitrogens with zero attached hydrogens (tertiary/aromatic N) is 2. The topological polar surface area (TPSA) is 48.5 Å². The van der Waals surface area contributed by atoms with E-state index in [4.69, 9.17) is 11.6 Å². The molecule has 1 amide bonds. The smallest absolute Gasteiger partial charge is 0.232 e. The molecule has 0 aliphatic carbocycles. The lowest BCUT2D eigenvalue weighted by molar-refractivity contribution is -0.910. The highest BCUT2D eigenvalue weighted by atomic mass is 35.5. The molecule has 0 spiro atoms. The highest BCUT2D eigenvalue weighted by molar-refractivity contribution is 8.02. The van der Waals surface area contributed by atoms with Gasteiger partial charge in [0.15, 0.2) is 6.67 Å². The maximum Gasteiger partial charge on any atom is 0.232 e. The lowest BCUT2D eigenvalue weighted by Crippen LogP contribution is -3.12. The van der Waals surface area contributed by atoms with Gasteiger partial charge in [-0.1, -0.05) is 54.1 Å². The van der Waals surface area contributed by atoms with Crippen LogP contribution >= 0.6 is 23.4 Å². The molecule has 2 aliphatic rings. The zero-order valence-corrected chi connectivity index (χ0v) is 16.3. The molecule has 0 radical (unpaired) electrons. The number of benzene rings is 2. The molecular weight excluding hydrogens is 378 g/mol. The second-order valence-electron chi connectivity index (χ2n) is 6.82. The van der Waals surface area contributed by atoms with E-state index >= 15 is 0 Å². The molecular formula is C21H19ClN3OS+. The second kappa shape index (κ2) is 7.77. The summed E-state index contributed by atoms with van der Waals surface area (Å²) in [7, 11) is 0. The van der Waals surface area contributed by atoms with Gasteiger partial charge in [0, 0.05) is 22.9 Å². The molecule has 2 aliphatic heterocycles. The Labute approximate surface area is 168 Å². The van der Waals surface area contributed by atoms with Crippen molar-refractivity contribution < 1.29 is 9.69 Å². The first-order valence-electron chi connectivity index (χ1n) is 8.86. The van der Waals surface area contributed by atoms with E-state index in [1.165, 1.54) is 10.5 Å². The van der Waals surface area contributed by atoms with Gasteiger partial charge < -0.3 is 4.90 Å². The van der Waals surface area contributed by atoms with Crippen molar-refractivity contribution in [2.45, 2.75) is 18.9 Å². The van der Waals surface area contributed by atoms with Crippen molar-refractivity contribution in [3.05, 3.63) is 81.3 Å². The van der Waals surface area contributed by atoms with Crippen LogP contribution in [0.4, 0.5) is 0 Å². The lowest BCUT2D eigenvalue weighted by Gasteiger charge is -2.39. The van der Waals surface area contributed by atoms with Gasteiger partial charge >= 0.3 is 0 Å². The predicted octanol–water partition coefficient (Wildman–Crippen LogP) is 3.14. The summed E-state index contributed by atoms with van der Waals surface area (Å²) in [6, 6.07) is 20.1. The van der Waals surface area contributed by atoms with Crippen LogP contribution in [0.3, 0.4) is 0 Å². The Morgan fingerprint density at radius 3 is 2.63 bits per heavy atom. The molecule has 4 nitrogen and oxygen atoms in total. The summed E-state index contributed by atoms with van der Waals surface area (Å²) in [4.78, 5) is 16.0. The third-order valence-electron chi connectivity index (χ3n) is 4.99. The molecule has 1 fully saturated rings. The Bertz CT molecular complexity index is 921. The van der Waals surface area contributed by atoms with Crippen LogP contribution in [0.25, 0.3) is 0 Å². The van der Waals surface area contributed by atoms with Gasteiger partial charge in [0.25, 0.3) is 0 Å². The predicted molar refractivity (Wildman–Crippen MR) is 107 cm³/mol. The van der Waals surface area contributed by atoms with E-state index in [2.05, 4.69) is 18.2 Å². The zero-order valence-electron chi connectivity index (χ0n) is 14.7. The van der Waals surface area contributed by atoms with Crippen LogP contribution in [-0.2, 0) is 11.3 Å². The van der Waals surface area contributed by atoms with Crippen molar-refractivity contribution in [3.8, 4) is 6.07 Å². The van der Waals surface area contributed by atoms with Crippen molar-refractivity contribution in [3.63, 3.8) is 0 Å². The van der Waals surface area contributed by atoms with Gasteiger partial charge in [0.2, 0.25) is 5.91 Å². The van der Waals surface area contributed by atoms with E-state index < -0.39 is 0 Å². The number of amides is 1. The molecule has 2 heterocycles. The van der Waals surface area contributed by atoms with Crippen LogP contribution in [-0.4, -0.2) is 23.4 Å². The van der Waals surface area contributed by atoms with E-state index in [0.29, 0.717) is 23.7 Å². The molecule has 2 atom stereocenters. The van der Waals surface area contributed by atoms with E-state index in [0.717, 1.165) is 23.0 Å². The van der Waals surface area contributed by atoms with Crippen LogP contribution in [0.15, 0.2) is 65.2 Å². The summed E-state index contributed by atoms with van der Waals surface area (Å²) in [6.07, 6.45) is 0.327. The first-order valence-corrected chi connectivity index (χ1v) is 10.2. The van der Waals surface area contributed by atoms with Crippen LogP contribution in [0.2, 0.25) is 5.02 Å². The normalized spacial score (nSPS) is 22.4. The minimum atomic E-state index is -0.186. The molecule has 0 saturated carbocycles. The number of hydrogen-bond acceptors (Lipinski definition) is 3. The van der Waals surface area contributed by atoms with E-state index in [1.54, 1.807) is 16.7 Å². The molecule has 0 bridgehead atoms. The highest BCUT2D eigenvalue weighted by Crippen LogP contribution is 2.40. The van der Waals surface area contributed by atoms with Crippen molar-refractivity contribution >= 4 is 29.3 Å². The Morgan fingerprint density at radius 2 is 1.93 bits per heavy atom. The summed E-state index contributed by atoms with van der Waals surface area (Å²) in [5, 5.41) is 11.3. The summed E-state index contributed by atoms with van der Waals surface area (Å²) in [5.74, 6) is 0.739. The number of rotatable bonds is 3. The second-order valence-corrected chi connectivity index (χ2v) is 8.22. The molecule has 2 aromatic carbocycles. The maximum atomic E-state index is 12.9. The average molecular weight is 397 g/mol. The largest absolute Gasteiger partial charge is 0.305 e. The number of carbonyl (C=O) groups is 1. The van der Waals surface area contributed by atoms with E-state index in [-0.39, 0.29) is 11.8 Å². The van der Waals surface area contributed by atoms with Crippen molar-refractivity contribution in [2.24, 2.45) is 0 Å². The monoisotopic (exact) mass is 396 g/mol. The third-order valence-corrected chi connectivity index (χ3v) is 6.51. The number of nitriles is 1. The molecule has 2 aromatic rings. The zero-order chi connectivity index (χ0) is 18.8. The molecule has 27 heavy (non-hydrogen) atoms. The van der Waals surface area contributed by atoms with Crippen LogP contribution in [0.1, 0.15) is 23.5 Å². The summed E-state index contributed by atoms with van der Waals surface area (Å²) < 4.78 is 0. The highest BCUT2D eigenvalue weighted by Gasteiger charge is 2.39. The van der Waals surface area contributed by atoms with Gasteiger partial charge in [-0.2, -0.15) is 5.26 Å². The number of halogens is 1. The van der Waals surface area contributed by atoms with Gasteiger partial charge in [-0.15, -0.1) is 0 Å². The number of carbonyl (C=O) groups excluding carboxylic acids is 1. The molecule has 6 heteroatoms. The lowest BCUT2D eigenvalue weighted by atomic mass is 9.86. The number of allylic oxidation sites excluding steroid dienone is 1. The first kappa shape index (κ1) is 18.1. The fraction of sp³-hybridized carbons (Fsp3) is 0.238. The van der Waals surface area contributed by atoms with Crippen LogP contribution in [0, 0.1) is 11.3 Å². The van der Waals surface area contributed by atoms with Crippen LogP contribution < -0.4 is 4.90 Å².